The number of hydrogen-bond donors (Lipinski definition) is 3. The van der Waals surface area contributed by atoms with Gasteiger partial charge >= 0.3 is 11.7 Å². The van der Waals surface area contributed by atoms with Gasteiger partial charge in [0.15, 0.2) is 0 Å². The summed E-state index contributed by atoms with van der Waals surface area (Å²) in [7, 11) is 1.49. The molecule has 10 heteroatoms. The van der Waals surface area contributed by atoms with E-state index in [1.54, 1.807) is 36.4 Å². The number of aryl methyl sites for hydroxylation is 1. The molecule has 1 heterocycles. The molecular formula is C19H17N5O5. The molecule has 0 spiro atoms. The van der Waals surface area contributed by atoms with Crippen LogP contribution in [-0.2, 0) is 0 Å². The second-order valence-corrected chi connectivity index (χ2v) is 5.92. The van der Waals surface area contributed by atoms with Crippen molar-refractivity contribution in [2.24, 2.45) is 0 Å². The smallest absolute Gasteiger partial charge is 0.335 e. The summed E-state index contributed by atoms with van der Waals surface area (Å²) >= 11 is 0. The summed E-state index contributed by atoms with van der Waals surface area (Å²) < 4.78 is 5.27. The predicted molar refractivity (Wildman–Crippen MR) is 106 cm³/mol. The van der Waals surface area contributed by atoms with Crippen LogP contribution in [-0.4, -0.2) is 33.1 Å². The van der Waals surface area contributed by atoms with E-state index >= 15 is 0 Å². The predicted octanol–water partition coefficient (Wildman–Crippen LogP) is 3.89. The Balaban J connectivity index is 1.97. The fourth-order valence-corrected chi connectivity index (χ4v) is 2.63. The molecule has 0 aliphatic rings. The number of carboxylic acids is 1. The summed E-state index contributed by atoms with van der Waals surface area (Å²) in [5.41, 5.74) is 1.07. The summed E-state index contributed by atoms with van der Waals surface area (Å²) in [4.78, 5) is 30.3. The molecule has 0 aliphatic heterocycles. The van der Waals surface area contributed by atoms with Crippen molar-refractivity contribution in [1.29, 1.82) is 0 Å². The molecule has 29 heavy (non-hydrogen) atoms. The SMILES string of the molecule is COc1ccccc1Nc1nc(Nc2ccc(C(=O)O)cc2)nc(C)c1[N+](=O)[O-]. The normalized spacial score (nSPS) is 10.3. The molecule has 0 saturated carbocycles. The fourth-order valence-electron chi connectivity index (χ4n) is 2.63. The monoisotopic (exact) mass is 395 g/mol. The van der Waals surface area contributed by atoms with Crippen LogP contribution >= 0.6 is 0 Å². The molecule has 0 amide bonds. The summed E-state index contributed by atoms with van der Waals surface area (Å²) in [6.07, 6.45) is 0. The van der Waals surface area contributed by atoms with Gasteiger partial charge in [0.05, 0.1) is 23.3 Å². The van der Waals surface area contributed by atoms with Crippen molar-refractivity contribution in [3.05, 3.63) is 69.9 Å². The lowest BCUT2D eigenvalue weighted by Crippen LogP contribution is -2.08. The highest BCUT2D eigenvalue weighted by Gasteiger charge is 2.23. The third-order valence-corrected chi connectivity index (χ3v) is 3.99. The molecule has 0 aliphatic carbocycles. The maximum atomic E-state index is 11.5. The zero-order valence-corrected chi connectivity index (χ0v) is 15.5. The number of nitrogens with zero attached hydrogens (tertiary/aromatic N) is 3. The van der Waals surface area contributed by atoms with E-state index in [-0.39, 0.29) is 28.7 Å². The minimum atomic E-state index is -1.04. The first kappa shape index (κ1) is 19.5. The largest absolute Gasteiger partial charge is 0.495 e. The molecule has 2 aromatic carbocycles. The molecule has 0 unspecified atom stereocenters. The van der Waals surface area contributed by atoms with Gasteiger partial charge in [0.1, 0.15) is 11.4 Å². The summed E-state index contributed by atoms with van der Waals surface area (Å²) in [6, 6.07) is 12.9. The summed E-state index contributed by atoms with van der Waals surface area (Å²) in [5.74, 6) is -0.427. The van der Waals surface area contributed by atoms with Crippen molar-refractivity contribution in [3.63, 3.8) is 0 Å². The lowest BCUT2D eigenvalue weighted by atomic mass is 10.2. The first-order valence-electron chi connectivity index (χ1n) is 8.42. The molecule has 0 radical (unpaired) electrons. The molecule has 148 valence electrons. The lowest BCUT2D eigenvalue weighted by molar-refractivity contribution is -0.385. The van der Waals surface area contributed by atoms with Crippen LogP contribution in [0.3, 0.4) is 0 Å². The number of nitro groups is 1. The van der Waals surface area contributed by atoms with Gasteiger partial charge in [-0.25, -0.2) is 9.78 Å². The number of anilines is 4. The Bertz CT molecular complexity index is 1070. The van der Waals surface area contributed by atoms with Gasteiger partial charge in [-0.1, -0.05) is 12.1 Å². The molecule has 0 atom stereocenters. The molecule has 0 bridgehead atoms. The number of carboxylic acid groups (broad SMARTS) is 1. The highest BCUT2D eigenvalue weighted by molar-refractivity contribution is 5.88. The van der Waals surface area contributed by atoms with Crippen LogP contribution in [0.4, 0.5) is 28.8 Å². The van der Waals surface area contributed by atoms with Crippen molar-refractivity contribution >= 4 is 34.8 Å². The van der Waals surface area contributed by atoms with Crippen molar-refractivity contribution in [1.82, 2.24) is 9.97 Å². The van der Waals surface area contributed by atoms with E-state index in [1.165, 1.54) is 26.2 Å². The number of aromatic nitrogens is 2. The maximum Gasteiger partial charge on any atom is 0.335 e. The number of carbonyl (C=O) groups is 1. The topological polar surface area (TPSA) is 140 Å². The van der Waals surface area contributed by atoms with Gasteiger partial charge < -0.3 is 20.5 Å². The number of benzene rings is 2. The Morgan fingerprint density at radius 3 is 2.41 bits per heavy atom. The van der Waals surface area contributed by atoms with Crippen LogP contribution in [0.5, 0.6) is 5.75 Å². The van der Waals surface area contributed by atoms with E-state index in [1.807, 2.05) is 0 Å². The van der Waals surface area contributed by atoms with Crippen molar-refractivity contribution in [3.8, 4) is 5.75 Å². The van der Waals surface area contributed by atoms with Gasteiger partial charge in [-0.15, -0.1) is 0 Å². The third kappa shape index (κ3) is 4.38. The van der Waals surface area contributed by atoms with Gasteiger partial charge in [-0.3, -0.25) is 10.1 Å². The standard InChI is InChI=1S/C19H17N5O5/c1-11-16(24(27)28)17(22-14-5-3-4-6-15(14)29-2)23-19(20-11)21-13-9-7-12(8-10-13)18(25)26/h3-10H,1-2H3,(H,25,26)(H2,20,21,22,23). The lowest BCUT2D eigenvalue weighted by Gasteiger charge is -2.13. The summed E-state index contributed by atoms with van der Waals surface area (Å²) in [5, 5.41) is 26.4. The van der Waals surface area contributed by atoms with Gasteiger partial charge in [-0.2, -0.15) is 4.98 Å². The molecule has 10 nitrogen and oxygen atoms in total. The molecule has 3 N–H and O–H groups in total. The second kappa shape index (κ2) is 8.21. The summed E-state index contributed by atoms with van der Waals surface area (Å²) in [6.45, 7) is 1.51. The highest BCUT2D eigenvalue weighted by Crippen LogP contribution is 2.33. The molecule has 1 aromatic heterocycles. The first-order chi connectivity index (χ1) is 13.9. The van der Waals surface area contributed by atoms with Crippen molar-refractivity contribution in [2.45, 2.75) is 6.92 Å². The number of rotatable bonds is 7. The van der Waals surface area contributed by atoms with E-state index in [2.05, 4.69) is 20.6 Å². The Morgan fingerprint density at radius 2 is 1.79 bits per heavy atom. The van der Waals surface area contributed by atoms with Crippen LogP contribution in [0.15, 0.2) is 48.5 Å². The Kier molecular flexibility index (Phi) is 5.54. The van der Waals surface area contributed by atoms with Gasteiger partial charge in [-0.05, 0) is 43.3 Å². The Morgan fingerprint density at radius 1 is 1.10 bits per heavy atom. The Hall–Kier alpha value is -4.21. The number of nitrogens with one attached hydrogen (secondary N) is 2. The number of ether oxygens (including phenoxy) is 1. The van der Waals surface area contributed by atoms with Crippen LogP contribution < -0.4 is 15.4 Å². The first-order valence-corrected chi connectivity index (χ1v) is 8.42. The molecule has 3 rings (SSSR count). The highest BCUT2D eigenvalue weighted by atomic mass is 16.6. The molecule has 0 fully saturated rings. The minimum absolute atomic E-state index is 0.00310. The molecule has 3 aromatic rings. The van der Waals surface area contributed by atoms with Gasteiger partial charge in [0.2, 0.25) is 11.8 Å². The van der Waals surface area contributed by atoms with Gasteiger partial charge in [0, 0.05) is 5.69 Å². The minimum Gasteiger partial charge on any atom is -0.495 e. The van der Waals surface area contributed by atoms with Crippen LogP contribution in [0.1, 0.15) is 16.1 Å². The number of hydrogen-bond acceptors (Lipinski definition) is 8. The van der Waals surface area contributed by atoms with E-state index < -0.39 is 10.9 Å². The average molecular weight is 395 g/mol. The zero-order chi connectivity index (χ0) is 21.0. The maximum absolute atomic E-state index is 11.5. The van der Waals surface area contributed by atoms with E-state index in [0.29, 0.717) is 17.1 Å². The van der Waals surface area contributed by atoms with Crippen molar-refractivity contribution < 1.29 is 19.6 Å². The molecule has 0 saturated heterocycles. The fraction of sp³-hybridized carbons (Fsp3) is 0.105. The van der Waals surface area contributed by atoms with E-state index in [4.69, 9.17) is 9.84 Å². The van der Waals surface area contributed by atoms with E-state index in [9.17, 15) is 14.9 Å². The van der Waals surface area contributed by atoms with Crippen LogP contribution in [0, 0.1) is 17.0 Å². The van der Waals surface area contributed by atoms with Crippen LogP contribution in [0.25, 0.3) is 0 Å². The molecular weight excluding hydrogens is 378 g/mol. The quantitative estimate of drug-likeness (QED) is 0.401. The third-order valence-electron chi connectivity index (χ3n) is 3.99. The van der Waals surface area contributed by atoms with E-state index in [0.717, 1.165) is 0 Å². The second-order valence-electron chi connectivity index (χ2n) is 5.92. The number of methoxy groups -OCH3 is 1. The average Bonchev–Trinajstić information content (AvgIpc) is 2.68. The van der Waals surface area contributed by atoms with Crippen molar-refractivity contribution in [2.75, 3.05) is 17.7 Å². The number of aromatic carboxylic acids is 1. The number of para-hydroxylation sites is 2. The van der Waals surface area contributed by atoms with Crippen LogP contribution in [0.2, 0.25) is 0 Å². The zero-order valence-electron chi connectivity index (χ0n) is 15.5. The van der Waals surface area contributed by atoms with Gasteiger partial charge in [0.25, 0.3) is 0 Å². The Labute approximate surface area is 165 Å².